The molecule has 2 saturated heterocycles. The summed E-state index contributed by atoms with van der Waals surface area (Å²) in [5, 5.41) is 6.62. The number of aliphatic imine (C=N–C) groups is 1. The van der Waals surface area contributed by atoms with Gasteiger partial charge in [0.2, 0.25) is 5.91 Å². The molecule has 7 nitrogen and oxygen atoms in total. The first-order chi connectivity index (χ1) is 13.8. The summed E-state index contributed by atoms with van der Waals surface area (Å²) in [7, 11) is 1.77. The lowest BCUT2D eigenvalue weighted by Gasteiger charge is -2.16. The SMILES string of the molecule is CN=C(NCCCOCC1CCCO1)NCc1ccc(N2CCCC2=O)cc1. The maximum absolute atomic E-state index is 11.8. The summed E-state index contributed by atoms with van der Waals surface area (Å²) < 4.78 is 11.2. The second-order valence-corrected chi connectivity index (χ2v) is 7.23. The van der Waals surface area contributed by atoms with Gasteiger partial charge in [-0.15, -0.1) is 0 Å². The molecule has 1 aromatic rings. The van der Waals surface area contributed by atoms with Crippen LogP contribution in [0.5, 0.6) is 0 Å². The minimum Gasteiger partial charge on any atom is -0.379 e. The molecule has 3 rings (SSSR count). The van der Waals surface area contributed by atoms with Crippen molar-refractivity contribution >= 4 is 17.6 Å². The van der Waals surface area contributed by atoms with Gasteiger partial charge in [-0.05, 0) is 43.4 Å². The molecule has 2 aliphatic rings. The number of rotatable bonds is 9. The second-order valence-electron chi connectivity index (χ2n) is 7.23. The third-order valence-electron chi connectivity index (χ3n) is 5.09. The van der Waals surface area contributed by atoms with E-state index in [2.05, 4.69) is 27.8 Å². The number of carbonyl (C=O) groups excluding carboxylic acids is 1. The van der Waals surface area contributed by atoms with Crippen LogP contribution in [0.3, 0.4) is 0 Å². The molecule has 2 heterocycles. The van der Waals surface area contributed by atoms with Gasteiger partial charge in [-0.25, -0.2) is 0 Å². The summed E-state index contributed by atoms with van der Waals surface area (Å²) in [6.07, 6.45) is 5.08. The van der Waals surface area contributed by atoms with Gasteiger partial charge in [0.05, 0.1) is 12.7 Å². The van der Waals surface area contributed by atoms with E-state index in [1.54, 1.807) is 7.05 Å². The second kappa shape index (κ2) is 11.0. The summed E-state index contributed by atoms with van der Waals surface area (Å²) in [6.45, 7) is 4.61. The van der Waals surface area contributed by atoms with Gasteiger partial charge in [-0.1, -0.05) is 12.1 Å². The first-order valence-electron chi connectivity index (χ1n) is 10.3. The highest BCUT2D eigenvalue weighted by Gasteiger charge is 2.21. The molecule has 28 heavy (non-hydrogen) atoms. The Morgan fingerprint density at radius 3 is 2.82 bits per heavy atom. The molecule has 154 valence electrons. The summed E-state index contributed by atoms with van der Waals surface area (Å²) >= 11 is 0. The maximum Gasteiger partial charge on any atom is 0.227 e. The highest BCUT2D eigenvalue weighted by molar-refractivity contribution is 5.95. The molecule has 0 radical (unpaired) electrons. The average molecular weight is 389 g/mol. The third kappa shape index (κ3) is 6.21. The molecule has 0 aromatic heterocycles. The molecular weight excluding hydrogens is 356 g/mol. The zero-order valence-electron chi connectivity index (χ0n) is 16.8. The zero-order valence-corrected chi connectivity index (χ0v) is 16.8. The van der Waals surface area contributed by atoms with Crippen molar-refractivity contribution in [1.82, 2.24) is 10.6 Å². The fraction of sp³-hybridized carbons (Fsp3) is 0.619. The molecule has 2 N–H and O–H groups in total. The monoisotopic (exact) mass is 388 g/mol. The number of ether oxygens (including phenoxy) is 2. The number of nitrogens with one attached hydrogen (secondary N) is 2. The minimum absolute atomic E-state index is 0.218. The van der Waals surface area contributed by atoms with Gasteiger partial charge in [-0.2, -0.15) is 0 Å². The maximum atomic E-state index is 11.8. The Labute approximate surface area is 167 Å². The molecule has 0 bridgehead atoms. The van der Waals surface area contributed by atoms with E-state index in [4.69, 9.17) is 9.47 Å². The number of nitrogens with zero attached hydrogens (tertiary/aromatic N) is 2. The summed E-state index contributed by atoms with van der Waals surface area (Å²) in [4.78, 5) is 17.9. The highest BCUT2D eigenvalue weighted by atomic mass is 16.5. The van der Waals surface area contributed by atoms with Crippen LogP contribution in [0.25, 0.3) is 0 Å². The van der Waals surface area contributed by atoms with E-state index >= 15 is 0 Å². The molecule has 7 heteroatoms. The van der Waals surface area contributed by atoms with Gasteiger partial charge >= 0.3 is 0 Å². The summed E-state index contributed by atoms with van der Waals surface area (Å²) in [5.74, 6) is 0.994. The minimum atomic E-state index is 0.218. The van der Waals surface area contributed by atoms with Gasteiger partial charge in [0.25, 0.3) is 0 Å². The van der Waals surface area contributed by atoms with Crippen molar-refractivity contribution in [1.29, 1.82) is 0 Å². The van der Waals surface area contributed by atoms with Crippen molar-refractivity contribution in [2.24, 2.45) is 4.99 Å². The van der Waals surface area contributed by atoms with Crippen molar-refractivity contribution in [3.8, 4) is 0 Å². The lowest BCUT2D eigenvalue weighted by atomic mass is 10.2. The highest BCUT2D eigenvalue weighted by Crippen LogP contribution is 2.21. The molecule has 0 aliphatic carbocycles. The van der Waals surface area contributed by atoms with Crippen LogP contribution in [0.1, 0.15) is 37.7 Å². The molecule has 1 unspecified atom stereocenters. The van der Waals surface area contributed by atoms with Crippen molar-refractivity contribution < 1.29 is 14.3 Å². The van der Waals surface area contributed by atoms with E-state index in [0.717, 1.165) is 69.2 Å². The van der Waals surface area contributed by atoms with Crippen molar-refractivity contribution in [3.63, 3.8) is 0 Å². The number of carbonyl (C=O) groups is 1. The van der Waals surface area contributed by atoms with Gasteiger partial charge < -0.3 is 25.0 Å². The van der Waals surface area contributed by atoms with Gasteiger partial charge in [-0.3, -0.25) is 9.79 Å². The molecular formula is C21H32N4O3. The standard InChI is InChI=1S/C21H32N4O3/c1-22-21(23-11-4-13-27-16-19-5-3-14-28-19)24-15-17-7-9-18(10-8-17)25-12-2-6-20(25)26/h7-10,19H,2-6,11-16H2,1H3,(H2,22,23,24). The van der Waals surface area contributed by atoms with Gasteiger partial charge in [0.1, 0.15) is 0 Å². The molecule has 1 atom stereocenters. The Kier molecular flexibility index (Phi) is 8.11. The van der Waals surface area contributed by atoms with Crippen LogP contribution in [0.15, 0.2) is 29.3 Å². The Morgan fingerprint density at radius 1 is 1.29 bits per heavy atom. The third-order valence-corrected chi connectivity index (χ3v) is 5.09. The van der Waals surface area contributed by atoms with Crippen LogP contribution in [-0.2, 0) is 20.8 Å². The number of guanidine groups is 1. The van der Waals surface area contributed by atoms with Crippen molar-refractivity contribution in [2.75, 3.05) is 44.9 Å². The van der Waals surface area contributed by atoms with Crippen molar-refractivity contribution in [3.05, 3.63) is 29.8 Å². The number of amides is 1. The Bertz CT molecular complexity index is 642. The summed E-state index contributed by atoms with van der Waals surface area (Å²) in [6, 6.07) is 8.14. The zero-order chi connectivity index (χ0) is 19.6. The van der Waals surface area contributed by atoms with E-state index in [9.17, 15) is 4.79 Å². The fourth-order valence-corrected chi connectivity index (χ4v) is 3.49. The predicted molar refractivity (Wildman–Crippen MR) is 111 cm³/mol. The van der Waals surface area contributed by atoms with Crippen molar-refractivity contribution in [2.45, 2.75) is 44.8 Å². The van der Waals surface area contributed by atoms with Crippen LogP contribution >= 0.6 is 0 Å². The van der Waals surface area contributed by atoms with E-state index in [0.29, 0.717) is 19.6 Å². The van der Waals surface area contributed by atoms with Gasteiger partial charge in [0, 0.05) is 52.0 Å². The van der Waals surface area contributed by atoms with Crippen LogP contribution in [0.2, 0.25) is 0 Å². The number of benzene rings is 1. The predicted octanol–water partition coefficient (Wildman–Crippen LogP) is 2.06. The Balaban J connectivity index is 1.30. The lowest BCUT2D eigenvalue weighted by Crippen LogP contribution is -2.37. The topological polar surface area (TPSA) is 75.2 Å². The molecule has 0 saturated carbocycles. The molecule has 2 aliphatic heterocycles. The number of hydrogen-bond acceptors (Lipinski definition) is 4. The molecule has 0 spiro atoms. The number of anilines is 1. The normalized spacial score (nSPS) is 20.0. The Morgan fingerprint density at radius 2 is 2.14 bits per heavy atom. The number of hydrogen-bond donors (Lipinski definition) is 2. The first-order valence-corrected chi connectivity index (χ1v) is 10.3. The quantitative estimate of drug-likeness (QED) is 0.385. The fourth-order valence-electron chi connectivity index (χ4n) is 3.49. The van der Waals surface area contributed by atoms with E-state index in [-0.39, 0.29) is 12.0 Å². The molecule has 1 amide bonds. The smallest absolute Gasteiger partial charge is 0.227 e. The van der Waals surface area contributed by atoms with E-state index in [1.165, 1.54) is 0 Å². The van der Waals surface area contributed by atoms with E-state index < -0.39 is 0 Å². The van der Waals surface area contributed by atoms with Crippen LogP contribution in [0.4, 0.5) is 5.69 Å². The average Bonchev–Trinajstić information content (AvgIpc) is 3.39. The first kappa shape index (κ1) is 20.6. The van der Waals surface area contributed by atoms with E-state index in [1.807, 2.05) is 17.0 Å². The lowest BCUT2D eigenvalue weighted by molar-refractivity contribution is -0.117. The molecule has 2 fully saturated rings. The molecule has 1 aromatic carbocycles. The van der Waals surface area contributed by atoms with Crippen LogP contribution in [-0.4, -0.2) is 57.9 Å². The summed E-state index contributed by atoms with van der Waals surface area (Å²) in [5.41, 5.74) is 2.13. The van der Waals surface area contributed by atoms with Crippen LogP contribution < -0.4 is 15.5 Å². The van der Waals surface area contributed by atoms with Gasteiger partial charge in [0.15, 0.2) is 5.96 Å². The largest absolute Gasteiger partial charge is 0.379 e. The Hall–Kier alpha value is -2.12. The van der Waals surface area contributed by atoms with Crippen LogP contribution in [0, 0.1) is 0 Å².